The number of halogens is 1. The first kappa shape index (κ1) is 12.8. The fraction of sp³-hybridized carbons (Fsp3) is 0.200. The lowest BCUT2D eigenvalue weighted by Crippen LogP contribution is -1.98. The molecule has 0 saturated heterocycles. The van der Waals surface area contributed by atoms with Crippen molar-refractivity contribution in [2.24, 2.45) is 0 Å². The summed E-state index contributed by atoms with van der Waals surface area (Å²) in [4.78, 5) is 0. The van der Waals surface area contributed by atoms with E-state index in [1.165, 1.54) is 0 Å². The Labute approximate surface area is 112 Å². The molecule has 3 heteroatoms. The minimum atomic E-state index is 0.671. The first-order valence-electron chi connectivity index (χ1n) is 5.99. The smallest absolute Gasteiger partial charge is 0.127 e. The van der Waals surface area contributed by atoms with Crippen LogP contribution in [-0.4, -0.2) is 6.61 Å². The van der Waals surface area contributed by atoms with E-state index in [2.05, 4.69) is 6.92 Å². The van der Waals surface area contributed by atoms with E-state index in [0.29, 0.717) is 17.3 Å². The molecule has 2 aromatic rings. The quantitative estimate of drug-likeness (QED) is 0.829. The molecule has 0 aliphatic rings. The van der Waals surface area contributed by atoms with Crippen molar-refractivity contribution in [3.8, 4) is 16.9 Å². The van der Waals surface area contributed by atoms with Crippen molar-refractivity contribution in [1.82, 2.24) is 0 Å². The van der Waals surface area contributed by atoms with Crippen molar-refractivity contribution in [1.29, 1.82) is 0 Å². The zero-order valence-electron chi connectivity index (χ0n) is 10.3. The molecule has 0 spiro atoms. The predicted octanol–water partition coefficient (Wildman–Crippen LogP) is 4.38. The van der Waals surface area contributed by atoms with Crippen LogP contribution in [0.3, 0.4) is 0 Å². The monoisotopic (exact) mass is 261 g/mol. The van der Waals surface area contributed by atoms with Gasteiger partial charge in [0.1, 0.15) is 5.75 Å². The fourth-order valence-electron chi connectivity index (χ4n) is 1.79. The van der Waals surface area contributed by atoms with E-state index in [-0.39, 0.29) is 0 Å². The highest BCUT2D eigenvalue weighted by Gasteiger charge is 2.09. The molecule has 0 aromatic heterocycles. The number of hydrogen-bond acceptors (Lipinski definition) is 2. The molecule has 0 fully saturated rings. The average molecular weight is 262 g/mol. The van der Waals surface area contributed by atoms with Gasteiger partial charge >= 0.3 is 0 Å². The molecule has 2 rings (SSSR count). The molecule has 0 unspecified atom stereocenters. The summed E-state index contributed by atoms with van der Waals surface area (Å²) in [6.45, 7) is 2.77. The maximum Gasteiger partial charge on any atom is 0.127 e. The third kappa shape index (κ3) is 2.77. The van der Waals surface area contributed by atoms with Crippen LogP contribution in [0.1, 0.15) is 13.3 Å². The van der Waals surface area contributed by atoms with Gasteiger partial charge < -0.3 is 10.5 Å². The van der Waals surface area contributed by atoms with Crippen molar-refractivity contribution in [3.63, 3.8) is 0 Å². The van der Waals surface area contributed by atoms with Crippen LogP contribution >= 0.6 is 11.6 Å². The molecule has 0 atom stereocenters. The lowest BCUT2D eigenvalue weighted by molar-refractivity contribution is 0.319. The summed E-state index contributed by atoms with van der Waals surface area (Å²) >= 11 is 6.03. The number of para-hydroxylation sites is 1. The summed E-state index contributed by atoms with van der Waals surface area (Å²) < 4.78 is 5.74. The Kier molecular flexibility index (Phi) is 4.11. The molecule has 0 bridgehead atoms. The molecule has 2 aromatic carbocycles. The second kappa shape index (κ2) is 5.78. The summed E-state index contributed by atoms with van der Waals surface area (Å²) in [6, 6.07) is 13.3. The van der Waals surface area contributed by atoms with Crippen LogP contribution in [-0.2, 0) is 0 Å². The highest BCUT2D eigenvalue weighted by molar-refractivity contribution is 6.31. The lowest BCUT2D eigenvalue weighted by Gasteiger charge is -2.12. The minimum absolute atomic E-state index is 0.671. The molecule has 2 N–H and O–H groups in total. The summed E-state index contributed by atoms with van der Waals surface area (Å²) in [5.74, 6) is 0.841. The third-order valence-electron chi connectivity index (χ3n) is 2.65. The number of anilines is 1. The Hall–Kier alpha value is -1.67. The summed E-state index contributed by atoms with van der Waals surface area (Å²) in [6.07, 6.45) is 0.972. The van der Waals surface area contributed by atoms with Gasteiger partial charge in [0, 0.05) is 21.8 Å². The highest BCUT2D eigenvalue weighted by atomic mass is 35.5. The minimum Gasteiger partial charge on any atom is -0.493 e. The molecule has 0 aliphatic heterocycles. The molecule has 0 amide bonds. The maximum atomic E-state index is 6.03. The van der Waals surface area contributed by atoms with E-state index in [1.807, 2.05) is 36.4 Å². The molecule has 0 saturated carbocycles. The first-order valence-corrected chi connectivity index (χ1v) is 6.37. The number of ether oxygens (including phenoxy) is 1. The Bertz CT molecular complexity index is 540. The predicted molar refractivity (Wildman–Crippen MR) is 77.1 cm³/mol. The van der Waals surface area contributed by atoms with Gasteiger partial charge in [0.05, 0.1) is 6.61 Å². The SMILES string of the molecule is CCCOc1ccccc1-c1cc(Cl)ccc1N. The van der Waals surface area contributed by atoms with E-state index in [9.17, 15) is 0 Å². The van der Waals surface area contributed by atoms with Crippen LogP contribution in [0.4, 0.5) is 5.69 Å². The topological polar surface area (TPSA) is 35.2 Å². The second-order valence-corrected chi connectivity index (χ2v) is 4.51. The molecular formula is C15H16ClNO. The van der Waals surface area contributed by atoms with E-state index < -0.39 is 0 Å². The molecular weight excluding hydrogens is 246 g/mol. The van der Waals surface area contributed by atoms with Gasteiger partial charge in [0.15, 0.2) is 0 Å². The van der Waals surface area contributed by atoms with Crippen LogP contribution < -0.4 is 10.5 Å². The summed E-state index contributed by atoms with van der Waals surface area (Å²) in [5, 5.41) is 0.671. The van der Waals surface area contributed by atoms with Crippen LogP contribution in [0.25, 0.3) is 11.1 Å². The van der Waals surface area contributed by atoms with Gasteiger partial charge in [-0.05, 0) is 30.7 Å². The first-order chi connectivity index (χ1) is 8.72. The van der Waals surface area contributed by atoms with Gasteiger partial charge in [-0.1, -0.05) is 36.7 Å². The van der Waals surface area contributed by atoms with E-state index in [0.717, 1.165) is 23.3 Å². The van der Waals surface area contributed by atoms with E-state index in [4.69, 9.17) is 22.1 Å². The van der Waals surface area contributed by atoms with Crippen LogP contribution in [0.15, 0.2) is 42.5 Å². The normalized spacial score (nSPS) is 10.3. The van der Waals surface area contributed by atoms with Crippen LogP contribution in [0.5, 0.6) is 5.75 Å². The van der Waals surface area contributed by atoms with Crippen molar-refractivity contribution in [2.75, 3.05) is 12.3 Å². The number of hydrogen-bond donors (Lipinski definition) is 1. The lowest BCUT2D eigenvalue weighted by atomic mass is 10.0. The third-order valence-corrected chi connectivity index (χ3v) is 2.89. The molecule has 0 radical (unpaired) electrons. The van der Waals surface area contributed by atoms with Gasteiger partial charge in [-0.15, -0.1) is 0 Å². The Morgan fingerprint density at radius 2 is 1.89 bits per heavy atom. The van der Waals surface area contributed by atoms with Crippen LogP contribution in [0, 0.1) is 0 Å². The summed E-state index contributed by atoms with van der Waals surface area (Å²) in [5.41, 5.74) is 8.59. The summed E-state index contributed by atoms with van der Waals surface area (Å²) in [7, 11) is 0. The van der Waals surface area contributed by atoms with Crippen molar-refractivity contribution < 1.29 is 4.74 Å². The number of benzene rings is 2. The van der Waals surface area contributed by atoms with Gasteiger partial charge in [-0.2, -0.15) is 0 Å². The average Bonchev–Trinajstić information content (AvgIpc) is 2.39. The molecule has 0 heterocycles. The van der Waals surface area contributed by atoms with Gasteiger partial charge in [0.2, 0.25) is 0 Å². The molecule has 94 valence electrons. The fourth-order valence-corrected chi connectivity index (χ4v) is 1.96. The van der Waals surface area contributed by atoms with Crippen LogP contribution in [0.2, 0.25) is 5.02 Å². The number of nitrogen functional groups attached to an aromatic ring is 1. The van der Waals surface area contributed by atoms with Gasteiger partial charge in [-0.25, -0.2) is 0 Å². The Balaban J connectivity index is 2.46. The highest BCUT2D eigenvalue weighted by Crippen LogP contribution is 2.35. The van der Waals surface area contributed by atoms with E-state index >= 15 is 0 Å². The molecule has 0 aliphatic carbocycles. The van der Waals surface area contributed by atoms with Crippen molar-refractivity contribution >= 4 is 17.3 Å². The standard InChI is InChI=1S/C15H16ClNO/c1-2-9-18-15-6-4-3-5-12(15)13-10-11(16)7-8-14(13)17/h3-8,10H,2,9,17H2,1H3. The number of nitrogens with two attached hydrogens (primary N) is 1. The zero-order valence-corrected chi connectivity index (χ0v) is 11.1. The Morgan fingerprint density at radius 1 is 1.11 bits per heavy atom. The maximum absolute atomic E-state index is 6.03. The number of rotatable bonds is 4. The van der Waals surface area contributed by atoms with Gasteiger partial charge in [-0.3, -0.25) is 0 Å². The van der Waals surface area contributed by atoms with E-state index in [1.54, 1.807) is 6.07 Å². The Morgan fingerprint density at radius 3 is 2.67 bits per heavy atom. The largest absolute Gasteiger partial charge is 0.493 e. The molecule has 2 nitrogen and oxygen atoms in total. The van der Waals surface area contributed by atoms with Crippen molar-refractivity contribution in [2.45, 2.75) is 13.3 Å². The second-order valence-electron chi connectivity index (χ2n) is 4.08. The molecule has 18 heavy (non-hydrogen) atoms. The van der Waals surface area contributed by atoms with Crippen molar-refractivity contribution in [3.05, 3.63) is 47.5 Å². The van der Waals surface area contributed by atoms with Gasteiger partial charge in [0.25, 0.3) is 0 Å². The zero-order chi connectivity index (χ0) is 13.0.